The first-order valence-corrected chi connectivity index (χ1v) is 8.12. The van der Waals surface area contributed by atoms with Crippen molar-refractivity contribution < 1.29 is 28.2 Å². The summed E-state index contributed by atoms with van der Waals surface area (Å²) >= 11 is 0. The van der Waals surface area contributed by atoms with Crippen LogP contribution in [0.25, 0.3) is 0 Å². The van der Waals surface area contributed by atoms with Gasteiger partial charge in [-0.2, -0.15) is 0 Å². The Bertz CT molecular complexity index is 911. The Labute approximate surface area is 154 Å². The van der Waals surface area contributed by atoms with E-state index in [1.54, 1.807) is 24.3 Å². The zero-order chi connectivity index (χ0) is 19.9. The van der Waals surface area contributed by atoms with Gasteiger partial charge >= 0.3 is 12.0 Å². The lowest BCUT2D eigenvalue weighted by molar-refractivity contribution is -0.148. The molecule has 0 saturated heterocycles. The van der Waals surface area contributed by atoms with E-state index in [0.29, 0.717) is 11.3 Å². The molecule has 1 aliphatic rings. The third-order valence-corrected chi connectivity index (χ3v) is 4.99. The number of fused-ring (bicyclic) bond motifs is 1. The van der Waals surface area contributed by atoms with Gasteiger partial charge in [-0.1, -0.05) is 18.2 Å². The average molecular weight is 376 g/mol. The molecule has 0 bridgehead atoms. The van der Waals surface area contributed by atoms with Crippen LogP contribution >= 0.6 is 0 Å². The Hall–Kier alpha value is -3.16. The Balaban J connectivity index is 2.12. The van der Waals surface area contributed by atoms with Crippen molar-refractivity contribution in [2.75, 3.05) is 19.1 Å². The van der Waals surface area contributed by atoms with Crippen LogP contribution < -0.4 is 9.64 Å². The fourth-order valence-corrected chi connectivity index (χ4v) is 3.19. The molecule has 0 fully saturated rings. The standard InChI is InChI=1S/C19H18F2N2O4/c1-19(17(24)25)13-6-4-5-7-16(13)23(18(26)22(19)2)10-12-14(20)8-11(27-3)9-15(12)21/h4-9H,10H2,1-3H3,(H,24,25). The minimum absolute atomic E-state index is 0.0229. The van der Waals surface area contributed by atoms with E-state index in [1.165, 1.54) is 21.1 Å². The normalized spacial score (nSPS) is 19.1. The molecule has 0 aliphatic carbocycles. The van der Waals surface area contributed by atoms with Crippen molar-refractivity contribution in [3.63, 3.8) is 0 Å². The van der Waals surface area contributed by atoms with Crippen molar-refractivity contribution in [1.82, 2.24) is 4.90 Å². The number of likely N-dealkylation sites (N-methyl/N-ethyl adjacent to an activating group) is 1. The SMILES string of the molecule is COc1cc(F)c(CN2C(=O)N(C)C(C)(C(=O)O)c3ccccc32)c(F)c1. The van der Waals surface area contributed by atoms with Crippen molar-refractivity contribution in [2.45, 2.75) is 19.0 Å². The number of rotatable bonds is 4. The van der Waals surface area contributed by atoms with E-state index in [9.17, 15) is 23.5 Å². The van der Waals surface area contributed by atoms with Gasteiger partial charge in [0.05, 0.1) is 19.3 Å². The number of benzene rings is 2. The van der Waals surface area contributed by atoms with E-state index in [0.717, 1.165) is 21.9 Å². The lowest BCUT2D eigenvalue weighted by Gasteiger charge is -2.45. The Kier molecular flexibility index (Phi) is 4.51. The Morgan fingerprint density at radius 1 is 1.22 bits per heavy atom. The molecule has 1 unspecified atom stereocenters. The highest BCUT2D eigenvalue weighted by atomic mass is 19.1. The number of ether oxygens (including phenoxy) is 1. The monoisotopic (exact) mass is 376 g/mol. The zero-order valence-corrected chi connectivity index (χ0v) is 15.0. The number of nitrogens with zero attached hydrogens (tertiary/aromatic N) is 2. The second kappa shape index (κ2) is 6.53. The number of para-hydroxylation sites is 1. The zero-order valence-electron chi connectivity index (χ0n) is 15.0. The first-order chi connectivity index (χ1) is 12.7. The molecule has 0 aromatic heterocycles. The molecular formula is C19H18F2N2O4. The quantitative estimate of drug-likeness (QED) is 0.889. The maximum Gasteiger partial charge on any atom is 0.334 e. The molecule has 3 rings (SSSR count). The van der Waals surface area contributed by atoms with Crippen molar-refractivity contribution in [3.8, 4) is 5.75 Å². The summed E-state index contributed by atoms with van der Waals surface area (Å²) < 4.78 is 33.6. The highest BCUT2D eigenvalue weighted by molar-refractivity contribution is 6.01. The second-order valence-corrected chi connectivity index (χ2v) is 6.39. The van der Waals surface area contributed by atoms with E-state index >= 15 is 0 Å². The van der Waals surface area contributed by atoms with Gasteiger partial charge in [0.1, 0.15) is 17.4 Å². The smallest absolute Gasteiger partial charge is 0.334 e. The molecule has 1 heterocycles. The number of anilines is 1. The van der Waals surface area contributed by atoms with Gasteiger partial charge in [-0.05, 0) is 13.0 Å². The average Bonchev–Trinajstić information content (AvgIpc) is 2.64. The van der Waals surface area contributed by atoms with Gasteiger partial charge in [0, 0.05) is 30.3 Å². The predicted octanol–water partition coefficient (Wildman–Crippen LogP) is 3.35. The lowest BCUT2D eigenvalue weighted by Crippen LogP contribution is -2.59. The van der Waals surface area contributed by atoms with Crippen molar-refractivity contribution in [3.05, 3.63) is 59.2 Å². The van der Waals surface area contributed by atoms with Crippen LogP contribution in [0.15, 0.2) is 36.4 Å². The Morgan fingerprint density at radius 3 is 2.37 bits per heavy atom. The summed E-state index contributed by atoms with van der Waals surface area (Å²) in [5, 5.41) is 9.71. The van der Waals surface area contributed by atoms with Crippen LogP contribution in [0.3, 0.4) is 0 Å². The highest BCUT2D eigenvalue weighted by Gasteiger charge is 2.49. The molecule has 2 aromatic carbocycles. The topological polar surface area (TPSA) is 70.1 Å². The number of aliphatic carboxylic acids is 1. The van der Waals surface area contributed by atoms with Crippen molar-refractivity contribution in [2.24, 2.45) is 0 Å². The molecule has 1 aliphatic heterocycles. The molecule has 1 N–H and O–H groups in total. The summed E-state index contributed by atoms with van der Waals surface area (Å²) in [6.07, 6.45) is 0. The van der Waals surface area contributed by atoms with Gasteiger partial charge < -0.3 is 14.7 Å². The number of carboxylic acid groups (broad SMARTS) is 1. The van der Waals surface area contributed by atoms with E-state index in [4.69, 9.17) is 4.74 Å². The minimum Gasteiger partial charge on any atom is -0.497 e. The number of halogens is 2. The number of carbonyl (C=O) groups excluding carboxylic acids is 1. The number of carboxylic acids is 1. The molecule has 142 valence electrons. The van der Waals surface area contributed by atoms with Crippen LogP contribution in [-0.2, 0) is 16.9 Å². The van der Waals surface area contributed by atoms with Crippen molar-refractivity contribution in [1.29, 1.82) is 0 Å². The number of methoxy groups -OCH3 is 1. The van der Waals surface area contributed by atoms with Gasteiger partial charge in [-0.15, -0.1) is 0 Å². The molecule has 1 atom stereocenters. The predicted molar refractivity (Wildman–Crippen MR) is 93.7 cm³/mol. The van der Waals surface area contributed by atoms with Crippen LogP contribution in [0.1, 0.15) is 18.1 Å². The number of carbonyl (C=O) groups is 2. The summed E-state index contributed by atoms with van der Waals surface area (Å²) in [6, 6.07) is 7.81. The molecule has 27 heavy (non-hydrogen) atoms. The van der Waals surface area contributed by atoms with Crippen LogP contribution in [0.5, 0.6) is 5.75 Å². The molecule has 0 radical (unpaired) electrons. The highest BCUT2D eigenvalue weighted by Crippen LogP contribution is 2.41. The summed E-state index contributed by atoms with van der Waals surface area (Å²) in [5.74, 6) is -2.89. The van der Waals surface area contributed by atoms with Crippen molar-refractivity contribution >= 4 is 17.7 Å². The van der Waals surface area contributed by atoms with Gasteiger partial charge in [0.25, 0.3) is 0 Å². The number of hydrogen-bond donors (Lipinski definition) is 1. The maximum absolute atomic E-state index is 14.4. The Morgan fingerprint density at radius 2 is 1.81 bits per heavy atom. The van der Waals surface area contributed by atoms with Gasteiger partial charge in [0.15, 0.2) is 5.54 Å². The van der Waals surface area contributed by atoms with Gasteiger partial charge in [-0.25, -0.2) is 18.4 Å². The molecule has 2 aromatic rings. The third kappa shape index (κ3) is 2.77. The fourth-order valence-electron chi connectivity index (χ4n) is 3.19. The molecule has 0 spiro atoms. The maximum atomic E-state index is 14.4. The lowest BCUT2D eigenvalue weighted by atomic mass is 9.86. The van der Waals surface area contributed by atoms with E-state index < -0.39 is 35.7 Å². The summed E-state index contributed by atoms with van der Waals surface area (Å²) in [4.78, 5) is 27.0. The summed E-state index contributed by atoms with van der Waals surface area (Å²) in [6.45, 7) is 1.02. The molecule has 0 saturated carbocycles. The van der Waals surface area contributed by atoms with E-state index in [-0.39, 0.29) is 11.3 Å². The van der Waals surface area contributed by atoms with Gasteiger partial charge in [0.2, 0.25) is 0 Å². The summed E-state index contributed by atoms with van der Waals surface area (Å²) in [5.41, 5.74) is -1.26. The molecule has 2 amide bonds. The first kappa shape index (κ1) is 18.6. The van der Waals surface area contributed by atoms with Gasteiger partial charge in [-0.3, -0.25) is 4.90 Å². The van der Waals surface area contributed by atoms with E-state index in [1.807, 2.05) is 0 Å². The number of amides is 2. The van der Waals surface area contributed by atoms with Crippen LogP contribution in [-0.4, -0.2) is 36.2 Å². The van der Waals surface area contributed by atoms with Crippen LogP contribution in [0.4, 0.5) is 19.3 Å². The molecular weight excluding hydrogens is 358 g/mol. The largest absolute Gasteiger partial charge is 0.497 e. The second-order valence-electron chi connectivity index (χ2n) is 6.39. The van der Waals surface area contributed by atoms with Crippen LogP contribution in [0.2, 0.25) is 0 Å². The molecule has 8 heteroatoms. The number of urea groups is 1. The molecule has 6 nitrogen and oxygen atoms in total. The third-order valence-electron chi connectivity index (χ3n) is 4.99. The first-order valence-electron chi connectivity index (χ1n) is 8.12. The number of hydrogen-bond acceptors (Lipinski definition) is 3. The van der Waals surface area contributed by atoms with Crippen LogP contribution in [0, 0.1) is 11.6 Å². The minimum atomic E-state index is -1.60. The fraction of sp³-hybridized carbons (Fsp3) is 0.263. The summed E-state index contributed by atoms with van der Waals surface area (Å²) in [7, 11) is 2.64. The van der Waals surface area contributed by atoms with E-state index in [2.05, 4.69) is 0 Å².